The zero-order valence-electron chi connectivity index (χ0n) is 16.2. The third-order valence-corrected chi connectivity index (χ3v) is 5.23. The summed E-state index contributed by atoms with van der Waals surface area (Å²) in [4.78, 5) is 0. The van der Waals surface area contributed by atoms with Gasteiger partial charge in [-0.1, -0.05) is 20.8 Å². The fourth-order valence-electron chi connectivity index (χ4n) is 2.55. The van der Waals surface area contributed by atoms with Crippen molar-refractivity contribution >= 4 is 10.1 Å². The van der Waals surface area contributed by atoms with Crippen LogP contribution in [0.2, 0.25) is 0 Å². The Morgan fingerprint density at radius 1 is 1.22 bits per heavy atom. The SMILES string of the molecule is CC(C)(C)COS(=O)(=O)CCCCOCC1COC2=C(CO)CC(O)=C2O1. The Kier molecular flexibility index (Phi) is 7.55. The number of ether oxygens (including phenoxy) is 3. The molecule has 0 aromatic carbocycles. The van der Waals surface area contributed by atoms with E-state index in [0.717, 1.165) is 0 Å². The van der Waals surface area contributed by atoms with E-state index >= 15 is 0 Å². The minimum Gasteiger partial charge on any atom is -0.508 e. The third kappa shape index (κ3) is 6.99. The van der Waals surface area contributed by atoms with Crippen molar-refractivity contribution in [3.63, 3.8) is 0 Å². The highest BCUT2D eigenvalue weighted by atomic mass is 32.2. The summed E-state index contributed by atoms with van der Waals surface area (Å²) in [5.74, 6) is 0.723. The van der Waals surface area contributed by atoms with Crippen LogP contribution < -0.4 is 0 Å². The van der Waals surface area contributed by atoms with E-state index in [1.807, 2.05) is 20.8 Å². The Hall–Kier alpha value is -1.29. The summed E-state index contributed by atoms with van der Waals surface area (Å²) in [6.45, 7) is 6.66. The molecule has 0 saturated carbocycles. The topological polar surface area (TPSA) is 112 Å². The number of allylic oxidation sites excluding steroid dienone is 1. The molecule has 1 heterocycles. The van der Waals surface area contributed by atoms with Gasteiger partial charge in [-0.05, 0) is 18.3 Å². The normalized spacial score (nSPS) is 20.5. The number of unbranched alkanes of at least 4 members (excludes halogenated alkanes) is 1. The smallest absolute Gasteiger partial charge is 0.267 e. The van der Waals surface area contributed by atoms with Crippen LogP contribution in [0.25, 0.3) is 0 Å². The Bertz CT molecular complexity index is 672. The number of aliphatic hydroxyl groups excluding tert-OH is 2. The highest BCUT2D eigenvalue weighted by Crippen LogP contribution is 2.36. The van der Waals surface area contributed by atoms with Crippen molar-refractivity contribution in [1.29, 1.82) is 0 Å². The van der Waals surface area contributed by atoms with Crippen LogP contribution in [0.1, 0.15) is 40.0 Å². The Balaban J connectivity index is 1.62. The summed E-state index contributed by atoms with van der Waals surface area (Å²) in [7, 11) is -3.51. The van der Waals surface area contributed by atoms with Crippen LogP contribution in [-0.2, 0) is 28.5 Å². The van der Waals surface area contributed by atoms with Gasteiger partial charge in [-0.15, -0.1) is 0 Å². The first-order chi connectivity index (χ1) is 12.6. The molecule has 1 fully saturated rings. The molecule has 0 aromatic rings. The van der Waals surface area contributed by atoms with Gasteiger partial charge in [0.05, 0.1) is 25.6 Å². The summed E-state index contributed by atoms with van der Waals surface area (Å²) < 4.78 is 45.4. The van der Waals surface area contributed by atoms with Gasteiger partial charge < -0.3 is 24.4 Å². The van der Waals surface area contributed by atoms with Crippen LogP contribution >= 0.6 is 0 Å². The quantitative estimate of drug-likeness (QED) is 0.419. The largest absolute Gasteiger partial charge is 0.508 e. The molecule has 1 unspecified atom stereocenters. The van der Waals surface area contributed by atoms with Gasteiger partial charge in [0.25, 0.3) is 10.1 Å². The molecule has 0 amide bonds. The van der Waals surface area contributed by atoms with Crippen molar-refractivity contribution in [2.24, 2.45) is 5.41 Å². The monoisotopic (exact) mass is 406 g/mol. The summed E-state index contributed by atoms with van der Waals surface area (Å²) >= 11 is 0. The lowest BCUT2D eigenvalue weighted by atomic mass is 9.99. The van der Waals surface area contributed by atoms with Gasteiger partial charge in [0, 0.05) is 18.6 Å². The van der Waals surface area contributed by atoms with Gasteiger partial charge >= 0.3 is 0 Å². The molecule has 0 spiro atoms. The fraction of sp³-hybridized carbons (Fsp3) is 0.778. The van der Waals surface area contributed by atoms with Gasteiger partial charge in [0.15, 0.2) is 17.6 Å². The van der Waals surface area contributed by atoms with E-state index in [0.29, 0.717) is 30.8 Å². The predicted molar refractivity (Wildman–Crippen MR) is 98.5 cm³/mol. The second kappa shape index (κ2) is 9.27. The van der Waals surface area contributed by atoms with Crippen LogP contribution in [0.3, 0.4) is 0 Å². The van der Waals surface area contributed by atoms with Crippen LogP contribution in [-0.4, -0.2) is 63.5 Å². The first kappa shape index (κ1) is 22.0. The van der Waals surface area contributed by atoms with Crippen molar-refractivity contribution in [2.45, 2.75) is 46.1 Å². The van der Waals surface area contributed by atoms with E-state index < -0.39 is 10.1 Å². The minimum atomic E-state index is -3.51. The van der Waals surface area contributed by atoms with Crippen molar-refractivity contribution < 1.29 is 37.0 Å². The average molecular weight is 406 g/mol. The number of hydrogen-bond donors (Lipinski definition) is 2. The maximum Gasteiger partial charge on any atom is 0.267 e. The minimum absolute atomic E-state index is 0.0334. The van der Waals surface area contributed by atoms with Crippen LogP contribution in [0, 0.1) is 5.41 Å². The molecule has 1 atom stereocenters. The molecule has 2 rings (SSSR count). The Morgan fingerprint density at radius 2 is 1.96 bits per heavy atom. The summed E-state index contributed by atoms with van der Waals surface area (Å²) in [5.41, 5.74) is 0.408. The lowest BCUT2D eigenvalue weighted by molar-refractivity contribution is -0.0559. The van der Waals surface area contributed by atoms with Gasteiger partial charge in [-0.25, -0.2) is 0 Å². The second-order valence-electron chi connectivity index (χ2n) is 7.96. The van der Waals surface area contributed by atoms with E-state index in [1.165, 1.54) is 0 Å². The van der Waals surface area contributed by atoms with Crippen molar-refractivity contribution in [3.05, 3.63) is 22.9 Å². The Labute approximate surface area is 160 Å². The molecule has 2 aliphatic rings. The molecular weight excluding hydrogens is 376 g/mol. The van der Waals surface area contributed by atoms with Gasteiger partial charge in [0.2, 0.25) is 0 Å². The molecule has 1 aliphatic heterocycles. The van der Waals surface area contributed by atoms with Gasteiger partial charge in [-0.2, -0.15) is 8.42 Å². The van der Waals surface area contributed by atoms with E-state index in [1.54, 1.807) is 0 Å². The maximum absolute atomic E-state index is 11.8. The fourth-order valence-corrected chi connectivity index (χ4v) is 3.76. The van der Waals surface area contributed by atoms with Gasteiger partial charge in [0.1, 0.15) is 12.4 Å². The van der Waals surface area contributed by atoms with Crippen LogP contribution in [0.15, 0.2) is 22.9 Å². The summed E-state index contributed by atoms with van der Waals surface area (Å²) in [6.07, 6.45) is 0.912. The first-order valence-corrected chi connectivity index (χ1v) is 10.7. The number of rotatable bonds is 10. The molecule has 0 aromatic heterocycles. The molecule has 0 radical (unpaired) electrons. The Morgan fingerprint density at radius 3 is 2.63 bits per heavy atom. The van der Waals surface area contributed by atoms with Crippen molar-refractivity contribution in [1.82, 2.24) is 0 Å². The molecular formula is C18H30O8S. The number of aliphatic hydroxyl groups is 2. The first-order valence-electron chi connectivity index (χ1n) is 9.11. The standard InChI is InChI=1S/C18H30O8S/c1-18(2,3)12-25-27(21,22)7-5-4-6-23-10-14-11-24-16-13(9-19)8-15(20)17(16)26-14/h14,19-20H,4-12H2,1-3H3. The lowest BCUT2D eigenvalue weighted by Gasteiger charge is -2.27. The van der Waals surface area contributed by atoms with Gasteiger partial charge in [-0.3, -0.25) is 4.18 Å². The molecule has 2 N–H and O–H groups in total. The molecule has 8 nitrogen and oxygen atoms in total. The molecule has 1 aliphatic carbocycles. The summed E-state index contributed by atoms with van der Waals surface area (Å²) in [6, 6.07) is 0. The van der Waals surface area contributed by atoms with Crippen LogP contribution in [0.5, 0.6) is 0 Å². The van der Waals surface area contributed by atoms with E-state index in [-0.39, 0.29) is 61.6 Å². The highest BCUT2D eigenvalue weighted by molar-refractivity contribution is 7.86. The summed E-state index contributed by atoms with van der Waals surface area (Å²) in [5, 5.41) is 19.1. The lowest BCUT2D eigenvalue weighted by Crippen LogP contribution is -2.31. The molecule has 156 valence electrons. The highest BCUT2D eigenvalue weighted by Gasteiger charge is 2.34. The van der Waals surface area contributed by atoms with E-state index in [9.17, 15) is 18.6 Å². The zero-order valence-corrected chi connectivity index (χ0v) is 17.0. The molecule has 1 saturated heterocycles. The maximum atomic E-state index is 11.8. The zero-order chi connectivity index (χ0) is 20.1. The van der Waals surface area contributed by atoms with Crippen LogP contribution in [0.4, 0.5) is 0 Å². The van der Waals surface area contributed by atoms with Crippen molar-refractivity contribution in [3.8, 4) is 0 Å². The second-order valence-corrected chi connectivity index (χ2v) is 9.72. The van der Waals surface area contributed by atoms with E-state index in [4.69, 9.17) is 18.4 Å². The molecule has 9 heteroatoms. The predicted octanol–water partition coefficient (Wildman–Crippen LogP) is 2.01. The van der Waals surface area contributed by atoms with E-state index in [2.05, 4.69) is 0 Å². The van der Waals surface area contributed by atoms with Crippen molar-refractivity contribution in [2.75, 3.05) is 38.8 Å². The number of fused-ring (bicyclic) bond motifs is 1. The number of hydrogen-bond acceptors (Lipinski definition) is 8. The molecule has 27 heavy (non-hydrogen) atoms. The third-order valence-electron chi connectivity index (χ3n) is 3.97. The average Bonchev–Trinajstić information content (AvgIpc) is 2.91. The molecule has 0 bridgehead atoms.